The number of nitrogens with zero attached hydrogens (tertiary/aromatic N) is 1. The Bertz CT molecular complexity index is 871. The number of hydrogen-bond acceptors (Lipinski definition) is 7. The lowest BCUT2D eigenvalue weighted by Crippen LogP contribution is -2.15. The second kappa shape index (κ2) is 7.59. The van der Waals surface area contributed by atoms with E-state index in [4.69, 9.17) is 25.8 Å². The molecule has 9 heteroatoms. The number of hydrogen-bond donors (Lipinski definition) is 1. The fourth-order valence-electron chi connectivity index (χ4n) is 2.62. The van der Waals surface area contributed by atoms with Crippen molar-refractivity contribution < 1.29 is 23.9 Å². The smallest absolute Gasteiger partial charge is 0.340 e. The summed E-state index contributed by atoms with van der Waals surface area (Å²) in [5.41, 5.74) is 1.67. The Morgan fingerprint density at radius 2 is 2.19 bits per heavy atom. The number of carbonyl (C=O) groups excluding carboxylic acids is 1. The van der Waals surface area contributed by atoms with E-state index in [9.17, 15) is 14.9 Å². The van der Waals surface area contributed by atoms with Gasteiger partial charge in [-0.1, -0.05) is 11.6 Å². The molecule has 2 aromatic rings. The highest BCUT2D eigenvalue weighted by Gasteiger charge is 2.20. The van der Waals surface area contributed by atoms with Crippen LogP contribution in [0.4, 0.5) is 11.4 Å². The van der Waals surface area contributed by atoms with Crippen molar-refractivity contribution in [3.05, 3.63) is 62.2 Å². The first kappa shape index (κ1) is 18.0. The maximum Gasteiger partial charge on any atom is 0.340 e. The third-order valence-corrected chi connectivity index (χ3v) is 4.03. The van der Waals surface area contributed by atoms with E-state index in [-0.39, 0.29) is 24.7 Å². The van der Waals surface area contributed by atoms with Crippen molar-refractivity contribution in [2.45, 2.75) is 13.2 Å². The first-order chi connectivity index (χ1) is 12.5. The summed E-state index contributed by atoms with van der Waals surface area (Å²) in [5.74, 6) is -0.125. The van der Waals surface area contributed by atoms with Crippen molar-refractivity contribution in [2.75, 3.05) is 19.2 Å². The highest BCUT2D eigenvalue weighted by atomic mass is 35.5. The molecule has 1 heterocycles. The van der Waals surface area contributed by atoms with Gasteiger partial charge < -0.3 is 19.5 Å². The van der Waals surface area contributed by atoms with Crippen LogP contribution in [0, 0.1) is 10.1 Å². The summed E-state index contributed by atoms with van der Waals surface area (Å²) >= 11 is 6.08. The second-order valence-corrected chi connectivity index (χ2v) is 5.91. The van der Waals surface area contributed by atoms with E-state index in [1.807, 2.05) is 0 Å². The summed E-state index contributed by atoms with van der Waals surface area (Å²) in [5, 5.41) is 14.2. The average molecular weight is 379 g/mol. The normalized spacial score (nSPS) is 12.7. The van der Waals surface area contributed by atoms with Gasteiger partial charge in [0.25, 0.3) is 5.69 Å². The summed E-state index contributed by atoms with van der Waals surface area (Å²) in [6.45, 7) is 0.365. The van der Waals surface area contributed by atoms with Gasteiger partial charge in [0.05, 0.1) is 17.1 Å². The molecule has 0 atom stereocenters. The first-order valence-electron chi connectivity index (χ1n) is 7.64. The molecule has 0 saturated heterocycles. The number of rotatable bonds is 5. The van der Waals surface area contributed by atoms with Crippen LogP contribution in [0.25, 0.3) is 0 Å². The highest BCUT2D eigenvalue weighted by Crippen LogP contribution is 2.32. The molecule has 136 valence electrons. The number of benzene rings is 2. The van der Waals surface area contributed by atoms with E-state index < -0.39 is 10.9 Å². The number of nitro groups is 1. The lowest BCUT2D eigenvalue weighted by molar-refractivity contribution is -0.384. The zero-order chi connectivity index (χ0) is 18.7. The molecule has 1 N–H and O–H groups in total. The molecule has 3 rings (SSSR count). The van der Waals surface area contributed by atoms with E-state index in [0.717, 1.165) is 5.56 Å². The SMILES string of the molecule is CNc1ccc([N+](=O)[O-])cc1C(=O)OCc1cc(Cl)cc2c1OCOC2. The van der Waals surface area contributed by atoms with Crippen LogP contribution >= 0.6 is 11.6 Å². The van der Waals surface area contributed by atoms with Crippen molar-refractivity contribution in [2.24, 2.45) is 0 Å². The number of fused-ring (bicyclic) bond motifs is 1. The quantitative estimate of drug-likeness (QED) is 0.482. The summed E-state index contributed by atoms with van der Waals surface area (Å²) < 4.78 is 16.0. The van der Waals surface area contributed by atoms with Gasteiger partial charge in [-0.3, -0.25) is 10.1 Å². The van der Waals surface area contributed by atoms with E-state index in [0.29, 0.717) is 28.6 Å². The van der Waals surface area contributed by atoms with E-state index in [2.05, 4.69) is 5.32 Å². The molecule has 26 heavy (non-hydrogen) atoms. The molecule has 0 saturated carbocycles. The van der Waals surface area contributed by atoms with E-state index in [1.165, 1.54) is 18.2 Å². The molecular weight excluding hydrogens is 364 g/mol. The molecule has 0 aromatic heterocycles. The predicted octanol–water partition coefficient (Wildman–Crippen LogP) is 3.51. The van der Waals surface area contributed by atoms with Crippen molar-refractivity contribution in [3.8, 4) is 5.75 Å². The van der Waals surface area contributed by atoms with Gasteiger partial charge >= 0.3 is 5.97 Å². The van der Waals surface area contributed by atoms with Gasteiger partial charge in [0.1, 0.15) is 12.4 Å². The van der Waals surface area contributed by atoms with Crippen LogP contribution in [0.1, 0.15) is 21.5 Å². The largest absolute Gasteiger partial charge is 0.467 e. The molecule has 1 aliphatic heterocycles. The van der Waals surface area contributed by atoms with Crippen molar-refractivity contribution in [3.63, 3.8) is 0 Å². The Morgan fingerprint density at radius 1 is 1.38 bits per heavy atom. The number of anilines is 1. The van der Waals surface area contributed by atoms with Crippen LogP contribution in [0.2, 0.25) is 5.02 Å². The van der Waals surface area contributed by atoms with Gasteiger partial charge in [-0.05, 0) is 18.2 Å². The van der Waals surface area contributed by atoms with Gasteiger partial charge in [-0.2, -0.15) is 0 Å². The lowest BCUT2D eigenvalue weighted by Gasteiger charge is -2.21. The first-order valence-corrected chi connectivity index (χ1v) is 8.02. The summed E-state index contributed by atoms with van der Waals surface area (Å²) in [4.78, 5) is 22.8. The summed E-state index contributed by atoms with van der Waals surface area (Å²) in [7, 11) is 1.61. The Kier molecular flexibility index (Phi) is 5.24. The number of ether oxygens (including phenoxy) is 3. The third-order valence-electron chi connectivity index (χ3n) is 3.81. The standard InChI is InChI=1S/C17H15ClN2O6/c1-19-15-3-2-13(20(22)23)6-14(15)17(21)25-8-11-5-12(18)4-10-7-24-9-26-16(10)11/h2-6,19H,7-9H2,1H3. The van der Waals surface area contributed by atoms with Gasteiger partial charge in [0.15, 0.2) is 6.79 Å². The molecule has 0 amide bonds. The third kappa shape index (κ3) is 3.71. The fourth-order valence-corrected chi connectivity index (χ4v) is 2.88. The number of nitrogens with one attached hydrogen (secondary N) is 1. The zero-order valence-corrected chi connectivity index (χ0v) is 14.5. The maximum absolute atomic E-state index is 12.4. The van der Waals surface area contributed by atoms with E-state index in [1.54, 1.807) is 19.2 Å². The van der Waals surface area contributed by atoms with Crippen LogP contribution in [0.5, 0.6) is 5.75 Å². The van der Waals surface area contributed by atoms with E-state index >= 15 is 0 Å². The van der Waals surface area contributed by atoms with Crippen molar-refractivity contribution in [1.82, 2.24) is 0 Å². The molecule has 2 aromatic carbocycles. The summed E-state index contributed by atoms with van der Waals surface area (Å²) in [6, 6.07) is 7.30. The predicted molar refractivity (Wildman–Crippen MR) is 93.5 cm³/mol. The summed E-state index contributed by atoms with van der Waals surface area (Å²) in [6.07, 6.45) is 0. The van der Waals surface area contributed by atoms with Crippen molar-refractivity contribution in [1.29, 1.82) is 0 Å². The van der Waals surface area contributed by atoms with Crippen LogP contribution in [0.3, 0.4) is 0 Å². The molecular formula is C17H15ClN2O6. The van der Waals surface area contributed by atoms with Crippen LogP contribution in [-0.2, 0) is 22.7 Å². The number of nitro benzene ring substituents is 1. The van der Waals surface area contributed by atoms with Crippen LogP contribution < -0.4 is 10.1 Å². The molecule has 0 radical (unpaired) electrons. The van der Waals surface area contributed by atoms with Gasteiger partial charge in [-0.25, -0.2) is 4.79 Å². The minimum atomic E-state index is -0.696. The number of halogens is 1. The Morgan fingerprint density at radius 3 is 2.92 bits per heavy atom. The Balaban J connectivity index is 1.83. The van der Waals surface area contributed by atoms with Crippen LogP contribution in [-0.4, -0.2) is 24.7 Å². The average Bonchev–Trinajstić information content (AvgIpc) is 2.65. The molecule has 0 aliphatic carbocycles. The Labute approximate surface area is 153 Å². The molecule has 8 nitrogen and oxygen atoms in total. The van der Waals surface area contributed by atoms with Crippen molar-refractivity contribution >= 4 is 28.9 Å². The van der Waals surface area contributed by atoms with Crippen LogP contribution in [0.15, 0.2) is 30.3 Å². The number of esters is 1. The molecule has 0 fully saturated rings. The monoisotopic (exact) mass is 378 g/mol. The molecule has 1 aliphatic rings. The minimum absolute atomic E-state index is 0.0712. The zero-order valence-electron chi connectivity index (χ0n) is 13.8. The molecule has 0 unspecified atom stereocenters. The van der Waals surface area contributed by atoms with Gasteiger partial charge in [-0.15, -0.1) is 0 Å². The maximum atomic E-state index is 12.4. The second-order valence-electron chi connectivity index (χ2n) is 5.48. The minimum Gasteiger partial charge on any atom is -0.467 e. The topological polar surface area (TPSA) is 99.9 Å². The molecule has 0 bridgehead atoms. The van der Waals surface area contributed by atoms with Gasteiger partial charge in [0.2, 0.25) is 0 Å². The fraction of sp³-hybridized carbons (Fsp3) is 0.235. The number of non-ortho nitro benzene ring substituents is 1. The Hall–Kier alpha value is -2.84. The lowest BCUT2D eigenvalue weighted by atomic mass is 10.1. The highest BCUT2D eigenvalue weighted by molar-refractivity contribution is 6.30. The van der Waals surface area contributed by atoms with Gasteiger partial charge in [0, 0.05) is 41.0 Å². The molecule has 0 spiro atoms. The number of carbonyl (C=O) groups is 1.